The highest BCUT2D eigenvalue weighted by molar-refractivity contribution is 6.74. The fraction of sp³-hybridized carbons (Fsp3) is 0.474. The van der Waals surface area contributed by atoms with Gasteiger partial charge in [-0.05, 0) is 36.3 Å². The number of hydrogen-bond acceptors (Lipinski definition) is 3. The number of nitrogens with one attached hydrogen (secondary N) is 1. The maximum Gasteiger partial charge on any atom is 0.251 e. The molecule has 0 unspecified atom stereocenters. The van der Waals surface area contributed by atoms with Gasteiger partial charge in [-0.25, -0.2) is 0 Å². The van der Waals surface area contributed by atoms with Gasteiger partial charge in [-0.15, -0.1) is 11.6 Å². The van der Waals surface area contributed by atoms with Crippen molar-refractivity contribution in [2.24, 2.45) is 0 Å². The van der Waals surface area contributed by atoms with E-state index >= 15 is 0 Å². The van der Waals surface area contributed by atoms with Crippen molar-refractivity contribution in [2.75, 3.05) is 12.5 Å². The summed E-state index contributed by atoms with van der Waals surface area (Å²) >= 11 is 5.61. The standard InChI is InChI=1S/C19H28ClNO3Si/c1-19(2,3)25(4,5)24-14-16(17(22)12-9-13-20)21-18(23)15-10-7-6-8-11-15/h6-12,16H,13-14H2,1-5H3,(H,21,23)/b12-9+/t16-/m0/s1. The Balaban J connectivity index is 2.88. The van der Waals surface area contributed by atoms with Crippen LogP contribution >= 0.6 is 11.6 Å². The maximum atomic E-state index is 12.4. The first-order chi connectivity index (χ1) is 11.6. The van der Waals surface area contributed by atoms with Crippen molar-refractivity contribution in [2.45, 2.75) is 44.9 Å². The Morgan fingerprint density at radius 3 is 2.36 bits per heavy atom. The molecule has 0 saturated heterocycles. The molecule has 1 aromatic carbocycles. The van der Waals surface area contributed by atoms with E-state index < -0.39 is 14.4 Å². The topological polar surface area (TPSA) is 55.4 Å². The zero-order chi connectivity index (χ0) is 19.1. The molecule has 0 spiro atoms. The Morgan fingerprint density at radius 1 is 1.24 bits per heavy atom. The molecular formula is C19H28ClNO3Si. The van der Waals surface area contributed by atoms with Crippen LogP contribution < -0.4 is 5.32 Å². The lowest BCUT2D eigenvalue weighted by molar-refractivity contribution is -0.117. The van der Waals surface area contributed by atoms with Gasteiger partial charge < -0.3 is 9.74 Å². The normalized spacial score (nSPS) is 13.7. The van der Waals surface area contributed by atoms with Crippen LogP contribution in [0.3, 0.4) is 0 Å². The molecule has 0 heterocycles. The molecule has 0 saturated carbocycles. The fourth-order valence-corrected chi connectivity index (χ4v) is 2.92. The van der Waals surface area contributed by atoms with Crippen LogP contribution in [0.1, 0.15) is 31.1 Å². The molecule has 4 nitrogen and oxygen atoms in total. The van der Waals surface area contributed by atoms with Crippen molar-refractivity contribution in [3.63, 3.8) is 0 Å². The SMILES string of the molecule is CC(C)(C)[Si](C)(C)OC[C@H](NC(=O)c1ccccc1)C(=O)/C=C/CCl. The summed E-state index contributed by atoms with van der Waals surface area (Å²) in [5.74, 6) is -0.269. The Labute approximate surface area is 156 Å². The van der Waals surface area contributed by atoms with Crippen molar-refractivity contribution in [3.05, 3.63) is 48.0 Å². The lowest BCUT2D eigenvalue weighted by Crippen LogP contribution is -2.49. The summed E-state index contributed by atoms with van der Waals surface area (Å²) in [5, 5.41) is 2.80. The summed E-state index contributed by atoms with van der Waals surface area (Å²) in [5.41, 5.74) is 0.508. The number of carbonyl (C=O) groups is 2. The van der Waals surface area contributed by atoms with E-state index in [2.05, 4.69) is 39.2 Å². The van der Waals surface area contributed by atoms with Crippen molar-refractivity contribution in [3.8, 4) is 0 Å². The van der Waals surface area contributed by atoms with E-state index in [1.807, 2.05) is 6.07 Å². The Hall–Kier alpha value is -1.43. The van der Waals surface area contributed by atoms with Crippen molar-refractivity contribution < 1.29 is 14.0 Å². The molecule has 0 bridgehead atoms. The third-order valence-electron chi connectivity index (χ3n) is 4.47. The average Bonchev–Trinajstić information content (AvgIpc) is 2.55. The molecule has 138 valence electrons. The highest BCUT2D eigenvalue weighted by Gasteiger charge is 2.38. The predicted molar refractivity (Wildman–Crippen MR) is 106 cm³/mol. The number of rotatable bonds is 8. The Morgan fingerprint density at radius 2 is 1.84 bits per heavy atom. The number of benzene rings is 1. The highest BCUT2D eigenvalue weighted by atomic mass is 35.5. The molecule has 1 atom stereocenters. The number of carbonyl (C=O) groups excluding carboxylic acids is 2. The molecule has 25 heavy (non-hydrogen) atoms. The summed E-state index contributed by atoms with van der Waals surface area (Å²) in [7, 11) is -2.03. The lowest BCUT2D eigenvalue weighted by atomic mass is 10.1. The molecule has 0 aromatic heterocycles. The number of alkyl halides is 1. The second-order valence-corrected chi connectivity index (χ2v) is 12.5. The van der Waals surface area contributed by atoms with Gasteiger partial charge in [0.25, 0.3) is 5.91 Å². The molecular weight excluding hydrogens is 354 g/mol. The van der Waals surface area contributed by atoms with Crippen LogP contribution in [0.4, 0.5) is 0 Å². The smallest absolute Gasteiger partial charge is 0.251 e. The van der Waals surface area contributed by atoms with Gasteiger partial charge in [-0.3, -0.25) is 9.59 Å². The van der Waals surface area contributed by atoms with Crippen LogP contribution in [0.15, 0.2) is 42.5 Å². The average molecular weight is 382 g/mol. The first kappa shape index (κ1) is 21.6. The minimum absolute atomic E-state index is 0.0238. The largest absolute Gasteiger partial charge is 0.414 e. The van der Waals surface area contributed by atoms with Crippen LogP contribution in [0.25, 0.3) is 0 Å². The number of allylic oxidation sites excluding steroid dienone is 1. The van der Waals surface area contributed by atoms with E-state index in [1.165, 1.54) is 6.08 Å². The summed E-state index contributed by atoms with van der Waals surface area (Å²) in [6.45, 7) is 10.8. The zero-order valence-corrected chi connectivity index (χ0v) is 17.4. The van der Waals surface area contributed by atoms with Crippen molar-refractivity contribution in [1.82, 2.24) is 5.32 Å². The second-order valence-electron chi connectivity index (χ2n) is 7.42. The monoisotopic (exact) mass is 381 g/mol. The van der Waals surface area contributed by atoms with Gasteiger partial charge in [-0.1, -0.05) is 45.0 Å². The molecule has 1 amide bonds. The Bertz CT molecular complexity index is 609. The third-order valence-corrected chi connectivity index (χ3v) is 9.15. The Kier molecular flexibility index (Phi) is 8.05. The number of amides is 1. The van der Waals surface area contributed by atoms with Gasteiger partial charge in [0.2, 0.25) is 0 Å². The maximum absolute atomic E-state index is 12.4. The molecule has 0 aliphatic carbocycles. The lowest BCUT2D eigenvalue weighted by Gasteiger charge is -2.37. The van der Waals surface area contributed by atoms with E-state index in [1.54, 1.807) is 30.3 Å². The predicted octanol–water partition coefficient (Wildman–Crippen LogP) is 4.17. The van der Waals surface area contributed by atoms with E-state index in [9.17, 15) is 9.59 Å². The van der Waals surface area contributed by atoms with E-state index in [0.29, 0.717) is 5.56 Å². The minimum Gasteiger partial charge on any atom is -0.414 e. The molecule has 0 aliphatic rings. The number of ketones is 1. The molecule has 0 radical (unpaired) electrons. The first-order valence-electron chi connectivity index (χ1n) is 8.34. The van der Waals surface area contributed by atoms with Crippen LogP contribution in [0.5, 0.6) is 0 Å². The van der Waals surface area contributed by atoms with Crippen molar-refractivity contribution in [1.29, 1.82) is 0 Å². The summed E-state index contributed by atoms with van der Waals surface area (Å²) in [4.78, 5) is 24.8. The first-order valence-corrected chi connectivity index (χ1v) is 11.8. The van der Waals surface area contributed by atoms with Crippen LogP contribution in [0, 0.1) is 0 Å². The zero-order valence-electron chi connectivity index (χ0n) is 15.6. The van der Waals surface area contributed by atoms with Crippen molar-refractivity contribution >= 4 is 31.6 Å². The van der Waals surface area contributed by atoms with Gasteiger partial charge in [0.05, 0.1) is 6.61 Å². The van der Waals surface area contributed by atoms with Gasteiger partial charge in [-0.2, -0.15) is 0 Å². The summed E-state index contributed by atoms with van der Waals surface area (Å²) in [6.07, 6.45) is 2.97. The second kappa shape index (κ2) is 9.32. The molecule has 0 aliphatic heterocycles. The quantitative estimate of drug-likeness (QED) is 0.417. The van der Waals surface area contributed by atoms with E-state index in [4.69, 9.17) is 16.0 Å². The van der Waals surface area contributed by atoms with Gasteiger partial charge >= 0.3 is 0 Å². The minimum atomic E-state index is -2.03. The van der Waals surface area contributed by atoms with Crippen LogP contribution in [0.2, 0.25) is 18.1 Å². The van der Waals surface area contributed by atoms with Crippen LogP contribution in [-0.2, 0) is 9.22 Å². The molecule has 1 aromatic rings. The molecule has 0 fully saturated rings. The highest BCUT2D eigenvalue weighted by Crippen LogP contribution is 2.36. The van der Waals surface area contributed by atoms with Gasteiger partial charge in [0.15, 0.2) is 14.1 Å². The third kappa shape index (κ3) is 6.76. The van der Waals surface area contributed by atoms with Crippen LogP contribution in [-0.4, -0.2) is 38.5 Å². The van der Waals surface area contributed by atoms with E-state index in [0.717, 1.165) is 0 Å². The van der Waals surface area contributed by atoms with Gasteiger partial charge in [0, 0.05) is 11.4 Å². The van der Waals surface area contributed by atoms with E-state index in [-0.39, 0.29) is 29.2 Å². The number of halogens is 1. The summed E-state index contributed by atoms with van der Waals surface area (Å²) < 4.78 is 6.13. The molecule has 6 heteroatoms. The summed E-state index contributed by atoms with van der Waals surface area (Å²) in [6, 6.07) is 8.08. The number of hydrogen-bond donors (Lipinski definition) is 1. The molecule has 1 N–H and O–H groups in total. The fourth-order valence-electron chi connectivity index (χ4n) is 1.81. The molecule has 1 rings (SSSR count). The van der Waals surface area contributed by atoms with Gasteiger partial charge in [0.1, 0.15) is 6.04 Å².